The molecule has 2 aromatic rings. The fourth-order valence-corrected chi connectivity index (χ4v) is 3.92. The van der Waals surface area contributed by atoms with Gasteiger partial charge in [0.05, 0.1) is 6.26 Å². The molecule has 2 N–H and O–H groups in total. The number of anilines is 3. The van der Waals surface area contributed by atoms with E-state index in [0.29, 0.717) is 23.0 Å². The van der Waals surface area contributed by atoms with E-state index in [2.05, 4.69) is 33.7 Å². The number of nitrogens with one attached hydrogen (secondary N) is 2. The third-order valence-electron chi connectivity index (χ3n) is 4.99. The summed E-state index contributed by atoms with van der Waals surface area (Å²) in [5.74, 6) is -0.204. The number of piperazine rings is 1. The van der Waals surface area contributed by atoms with E-state index >= 15 is 0 Å². The summed E-state index contributed by atoms with van der Waals surface area (Å²) in [7, 11) is -3.32. The van der Waals surface area contributed by atoms with Gasteiger partial charge in [-0.25, -0.2) is 8.42 Å². The number of amides is 1. The Balaban J connectivity index is 1.58. The molecule has 1 aliphatic rings. The van der Waals surface area contributed by atoms with Crippen molar-refractivity contribution in [1.82, 2.24) is 4.90 Å². The van der Waals surface area contributed by atoms with Crippen molar-refractivity contribution >= 4 is 33.0 Å². The molecular weight excluding hydrogens is 388 g/mol. The normalized spacial score (nSPS) is 15.4. The Morgan fingerprint density at radius 2 is 1.45 bits per heavy atom. The zero-order valence-electron chi connectivity index (χ0n) is 17.1. The van der Waals surface area contributed by atoms with Gasteiger partial charge in [0.2, 0.25) is 10.0 Å². The number of sulfonamides is 1. The second-order valence-electron chi connectivity index (χ2n) is 7.57. The van der Waals surface area contributed by atoms with Crippen LogP contribution >= 0.6 is 0 Å². The van der Waals surface area contributed by atoms with Gasteiger partial charge >= 0.3 is 0 Å². The maximum Gasteiger partial charge on any atom is 0.255 e. The van der Waals surface area contributed by atoms with Crippen LogP contribution in [-0.4, -0.2) is 57.7 Å². The van der Waals surface area contributed by atoms with E-state index in [-0.39, 0.29) is 5.91 Å². The zero-order chi connectivity index (χ0) is 21.0. The molecule has 1 aliphatic heterocycles. The highest BCUT2D eigenvalue weighted by Gasteiger charge is 2.19. The first kappa shape index (κ1) is 21.1. The van der Waals surface area contributed by atoms with Gasteiger partial charge in [-0.1, -0.05) is 0 Å². The van der Waals surface area contributed by atoms with Crippen LogP contribution in [0.4, 0.5) is 17.1 Å². The quantitative estimate of drug-likeness (QED) is 0.757. The third kappa shape index (κ3) is 5.95. The van der Waals surface area contributed by atoms with Crippen molar-refractivity contribution in [2.75, 3.05) is 47.4 Å². The molecule has 1 heterocycles. The molecule has 0 spiro atoms. The van der Waals surface area contributed by atoms with Crippen molar-refractivity contribution in [1.29, 1.82) is 0 Å². The van der Waals surface area contributed by atoms with Gasteiger partial charge in [-0.05, 0) is 62.4 Å². The van der Waals surface area contributed by atoms with Crippen LogP contribution in [-0.2, 0) is 10.0 Å². The lowest BCUT2D eigenvalue weighted by Gasteiger charge is -2.38. The summed E-state index contributed by atoms with van der Waals surface area (Å²) in [6, 6.07) is 14.7. The van der Waals surface area contributed by atoms with Gasteiger partial charge in [0, 0.05) is 54.8 Å². The van der Waals surface area contributed by atoms with E-state index in [0.717, 1.165) is 38.1 Å². The summed E-state index contributed by atoms with van der Waals surface area (Å²) in [5, 5.41) is 2.83. The minimum atomic E-state index is -3.32. The standard InChI is InChI=1S/C21H28N4O3S/c1-16(2)24-12-14-25(15-13-24)20-10-4-17(5-11-20)21(26)22-18-6-8-19(9-7-18)23-29(3,27)28/h4-11,16,23H,12-15H2,1-3H3,(H,22,26). The molecule has 0 bridgehead atoms. The van der Waals surface area contributed by atoms with Gasteiger partial charge in [-0.15, -0.1) is 0 Å². The van der Waals surface area contributed by atoms with Gasteiger partial charge in [0.1, 0.15) is 0 Å². The predicted molar refractivity (Wildman–Crippen MR) is 118 cm³/mol. The number of hydrogen-bond donors (Lipinski definition) is 2. The van der Waals surface area contributed by atoms with Crippen LogP contribution in [0.25, 0.3) is 0 Å². The van der Waals surface area contributed by atoms with E-state index < -0.39 is 10.0 Å². The molecule has 0 unspecified atom stereocenters. The number of hydrogen-bond acceptors (Lipinski definition) is 5. The molecular formula is C21H28N4O3S. The summed E-state index contributed by atoms with van der Waals surface area (Å²) in [6.45, 7) is 8.50. The molecule has 0 aliphatic carbocycles. The highest BCUT2D eigenvalue weighted by Crippen LogP contribution is 2.20. The Morgan fingerprint density at radius 1 is 0.897 bits per heavy atom. The summed E-state index contributed by atoms with van der Waals surface area (Å²) in [4.78, 5) is 17.3. The minimum absolute atomic E-state index is 0.204. The van der Waals surface area contributed by atoms with Gasteiger partial charge in [0.15, 0.2) is 0 Å². The van der Waals surface area contributed by atoms with Crippen molar-refractivity contribution in [2.24, 2.45) is 0 Å². The van der Waals surface area contributed by atoms with Crippen molar-refractivity contribution in [3.05, 3.63) is 54.1 Å². The topological polar surface area (TPSA) is 81.8 Å². The lowest BCUT2D eigenvalue weighted by Crippen LogP contribution is -2.48. The van der Waals surface area contributed by atoms with Crippen LogP contribution in [0, 0.1) is 0 Å². The zero-order valence-corrected chi connectivity index (χ0v) is 17.9. The van der Waals surface area contributed by atoms with E-state index in [1.807, 2.05) is 24.3 Å². The van der Waals surface area contributed by atoms with Gasteiger partial charge in [-0.3, -0.25) is 14.4 Å². The average Bonchev–Trinajstić information content (AvgIpc) is 2.68. The number of rotatable bonds is 6. The SMILES string of the molecule is CC(C)N1CCN(c2ccc(C(=O)Nc3ccc(NS(C)(=O)=O)cc3)cc2)CC1. The number of carbonyl (C=O) groups excluding carboxylic acids is 1. The number of benzene rings is 2. The fraction of sp³-hybridized carbons (Fsp3) is 0.381. The van der Waals surface area contributed by atoms with Crippen LogP contribution in [0.15, 0.2) is 48.5 Å². The molecule has 29 heavy (non-hydrogen) atoms. The summed E-state index contributed by atoms with van der Waals surface area (Å²) >= 11 is 0. The predicted octanol–water partition coefficient (Wildman–Crippen LogP) is 2.84. The Kier molecular flexibility index (Phi) is 6.44. The van der Waals surface area contributed by atoms with Crippen LogP contribution in [0.3, 0.4) is 0 Å². The van der Waals surface area contributed by atoms with Crippen molar-refractivity contribution < 1.29 is 13.2 Å². The number of carbonyl (C=O) groups is 1. The highest BCUT2D eigenvalue weighted by molar-refractivity contribution is 7.92. The van der Waals surface area contributed by atoms with Crippen LogP contribution in [0.2, 0.25) is 0 Å². The molecule has 0 radical (unpaired) electrons. The highest BCUT2D eigenvalue weighted by atomic mass is 32.2. The molecule has 0 atom stereocenters. The summed E-state index contributed by atoms with van der Waals surface area (Å²) < 4.78 is 24.9. The van der Waals surface area contributed by atoms with E-state index in [9.17, 15) is 13.2 Å². The van der Waals surface area contributed by atoms with E-state index in [1.54, 1.807) is 24.3 Å². The molecule has 2 aromatic carbocycles. The Bertz CT molecular complexity index is 933. The lowest BCUT2D eigenvalue weighted by atomic mass is 10.1. The summed E-state index contributed by atoms with van der Waals surface area (Å²) in [5.41, 5.74) is 2.75. The second kappa shape index (κ2) is 8.84. The maximum atomic E-state index is 12.5. The lowest BCUT2D eigenvalue weighted by molar-refractivity contribution is 0.102. The third-order valence-corrected chi connectivity index (χ3v) is 5.59. The molecule has 0 aromatic heterocycles. The molecule has 0 saturated carbocycles. The second-order valence-corrected chi connectivity index (χ2v) is 9.32. The molecule has 8 heteroatoms. The van der Waals surface area contributed by atoms with Gasteiger partial charge in [-0.2, -0.15) is 0 Å². The minimum Gasteiger partial charge on any atom is -0.369 e. The van der Waals surface area contributed by atoms with Crippen molar-refractivity contribution in [2.45, 2.75) is 19.9 Å². The first-order valence-electron chi connectivity index (χ1n) is 9.69. The van der Waals surface area contributed by atoms with E-state index in [1.165, 1.54) is 0 Å². The average molecular weight is 417 g/mol. The molecule has 1 amide bonds. The van der Waals surface area contributed by atoms with Crippen LogP contribution in [0.1, 0.15) is 24.2 Å². The fourth-order valence-electron chi connectivity index (χ4n) is 3.36. The Hall–Kier alpha value is -2.58. The monoisotopic (exact) mass is 416 g/mol. The van der Waals surface area contributed by atoms with Crippen molar-refractivity contribution in [3.8, 4) is 0 Å². The van der Waals surface area contributed by atoms with Gasteiger partial charge < -0.3 is 10.2 Å². The Morgan fingerprint density at radius 3 is 1.97 bits per heavy atom. The number of nitrogens with zero attached hydrogens (tertiary/aromatic N) is 2. The largest absolute Gasteiger partial charge is 0.369 e. The molecule has 7 nitrogen and oxygen atoms in total. The van der Waals surface area contributed by atoms with E-state index in [4.69, 9.17) is 0 Å². The van der Waals surface area contributed by atoms with Gasteiger partial charge in [0.25, 0.3) is 5.91 Å². The summed E-state index contributed by atoms with van der Waals surface area (Å²) in [6.07, 6.45) is 1.09. The van der Waals surface area contributed by atoms with Crippen molar-refractivity contribution in [3.63, 3.8) is 0 Å². The first-order chi connectivity index (χ1) is 13.7. The first-order valence-corrected chi connectivity index (χ1v) is 11.6. The molecule has 156 valence electrons. The molecule has 3 rings (SSSR count). The molecule has 1 saturated heterocycles. The Labute approximate surface area is 172 Å². The van der Waals surface area contributed by atoms with Crippen LogP contribution < -0.4 is 14.9 Å². The maximum absolute atomic E-state index is 12.5. The molecule has 1 fully saturated rings. The smallest absolute Gasteiger partial charge is 0.255 e. The van der Waals surface area contributed by atoms with Crippen LogP contribution in [0.5, 0.6) is 0 Å².